The number of aliphatic hydroxyl groups is 1. The van der Waals surface area contributed by atoms with Crippen molar-refractivity contribution in [2.45, 2.75) is 32.0 Å². The maximum absolute atomic E-state index is 13.0. The first kappa shape index (κ1) is 14.0. The Balaban J connectivity index is 2.83. The van der Waals surface area contributed by atoms with Crippen molar-refractivity contribution in [2.24, 2.45) is 0 Å². The monoisotopic (exact) mass is 249 g/mol. The van der Waals surface area contributed by atoms with Gasteiger partial charge in [-0.2, -0.15) is 13.2 Å². The summed E-state index contributed by atoms with van der Waals surface area (Å²) in [6.07, 6.45) is -3.08. The Hall–Kier alpha value is -1.10. The molecular weight excluding hydrogens is 236 g/mol. The lowest BCUT2D eigenvalue weighted by atomic mass is 10.0. The van der Waals surface area contributed by atoms with E-state index < -0.39 is 23.7 Å². The van der Waals surface area contributed by atoms with Crippen LogP contribution in [-0.2, 0) is 6.18 Å². The third-order valence-electron chi connectivity index (χ3n) is 2.34. The molecule has 0 spiro atoms. The first-order chi connectivity index (χ1) is 7.82. The number of halogens is 4. The lowest BCUT2D eigenvalue weighted by Crippen LogP contribution is -2.08. The van der Waals surface area contributed by atoms with E-state index in [2.05, 4.69) is 0 Å². The summed E-state index contributed by atoms with van der Waals surface area (Å²) < 4.78 is 50.1. The van der Waals surface area contributed by atoms with Crippen LogP contribution in [0.15, 0.2) is 18.2 Å². The number of alkyl halides is 3. The van der Waals surface area contributed by atoms with Crippen molar-refractivity contribution in [3.8, 4) is 0 Å². The molecule has 1 rings (SSSR count). The summed E-state index contributed by atoms with van der Waals surface area (Å²) in [7, 11) is 0. The summed E-state index contributed by atoms with van der Waals surface area (Å²) in [5.74, 6) is -0.933. The Labute approximate surface area is 97.1 Å². The fourth-order valence-corrected chi connectivity index (χ4v) is 1.33. The van der Waals surface area contributed by atoms with E-state index in [-0.39, 0.29) is 12.0 Å². The van der Waals surface area contributed by atoms with E-state index in [0.29, 0.717) is 12.5 Å². The predicted octanol–water partition coefficient (Wildman–Crippen LogP) is 3.56. The molecule has 0 saturated carbocycles. The standard InChI is InChI=1S/C12H13F4O/c1-2-11(17)4-3-8-5-9(12(14,15)16)7-10(13)6-8/h3,5-7,11,17H,2,4H2,1H3. The van der Waals surface area contributed by atoms with Crippen molar-refractivity contribution >= 4 is 0 Å². The molecular formula is C12H13F4O. The van der Waals surface area contributed by atoms with Gasteiger partial charge in [-0.3, -0.25) is 0 Å². The topological polar surface area (TPSA) is 20.2 Å². The van der Waals surface area contributed by atoms with Gasteiger partial charge in [-0.1, -0.05) is 6.92 Å². The van der Waals surface area contributed by atoms with Crippen molar-refractivity contribution < 1.29 is 22.7 Å². The molecule has 1 aromatic rings. The summed E-state index contributed by atoms with van der Waals surface area (Å²) in [6.45, 7) is 1.76. The minimum absolute atomic E-state index is 0.129. The predicted molar refractivity (Wildman–Crippen MR) is 55.7 cm³/mol. The highest BCUT2D eigenvalue weighted by Gasteiger charge is 2.31. The molecule has 0 saturated heterocycles. The minimum Gasteiger partial charge on any atom is -0.393 e. The SMILES string of the molecule is CCC(O)C[CH]c1cc(F)cc(C(F)(F)F)c1. The summed E-state index contributed by atoms with van der Waals surface area (Å²) >= 11 is 0. The Morgan fingerprint density at radius 2 is 1.94 bits per heavy atom. The molecule has 1 nitrogen and oxygen atoms in total. The van der Waals surface area contributed by atoms with Gasteiger partial charge >= 0.3 is 6.18 Å². The molecule has 0 fully saturated rings. The van der Waals surface area contributed by atoms with Crippen molar-refractivity contribution in [3.05, 3.63) is 41.6 Å². The number of aliphatic hydroxyl groups excluding tert-OH is 1. The molecule has 1 radical (unpaired) electrons. The Bertz CT molecular complexity index is 373. The second-order valence-corrected chi connectivity index (χ2v) is 3.77. The van der Waals surface area contributed by atoms with Crippen LogP contribution in [0.5, 0.6) is 0 Å². The first-order valence-electron chi connectivity index (χ1n) is 5.22. The number of rotatable bonds is 4. The molecule has 0 aliphatic heterocycles. The van der Waals surface area contributed by atoms with Gasteiger partial charge in [0.1, 0.15) is 5.82 Å². The van der Waals surface area contributed by atoms with Crippen molar-refractivity contribution in [3.63, 3.8) is 0 Å². The molecule has 1 unspecified atom stereocenters. The molecule has 0 heterocycles. The smallest absolute Gasteiger partial charge is 0.393 e. The molecule has 1 N–H and O–H groups in total. The maximum Gasteiger partial charge on any atom is 0.416 e. The highest BCUT2D eigenvalue weighted by molar-refractivity contribution is 5.31. The molecule has 0 aliphatic rings. The van der Waals surface area contributed by atoms with E-state index in [1.54, 1.807) is 6.92 Å². The number of hydrogen-bond donors (Lipinski definition) is 1. The first-order valence-corrected chi connectivity index (χ1v) is 5.22. The number of benzene rings is 1. The largest absolute Gasteiger partial charge is 0.416 e. The van der Waals surface area contributed by atoms with Crippen LogP contribution < -0.4 is 0 Å². The van der Waals surface area contributed by atoms with Crippen molar-refractivity contribution in [2.75, 3.05) is 0 Å². The van der Waals surface area contributed by atoms with Crippen LogP contribution in [0, 0.1) is 12.2 Å². The van der Waals surface area contributed by atoms with Gasteiger partial charge in [-0.25, -0.2) is 4.39 Å². The second kappa shape index (κ2) is 5.49. The molecule has 95 valence electrons. The summed E-state index contributed by atoms with van der Waals surface area (Å²) in [6, 6.07) is 2.33. The molecule has 5 heteroatoms. The zero-order chi connectivity index (χ0) is 13.1. The fourth-order valence-electron chi connectivity index (χ4n) is 1.33. The average Bonchev–Trinajstić information content (AvgIpc) is 2.24. The molecule has 0 bridgehead atoms. The highest BCUT2D eigenvalue weighted by Crippen LogP contribution is 2.31. The summed E-state index contributed by atoms with van der Waals surface area (Å²) in [5.41, 5.74) is -0.889. The van der Waals surface area contributed by atoms with Gasteiger partial charge in [-0.05, 0) is 43.0 Å². The van der Waals surface area contributed by atoms with E-state index in [9.17, 15) is 22.7 Å². The van der Waals surface area contributed by atoms with Gasteiger partial charge in [0.2, 0.25) is 0 Å². The lowest BCUT2D eigenvalue weighted by Gasteiger charge is -2.10. The third kappa shape index (κ3) is 4.34. The highest BCUT2D eigenvalue weighted by atomic mass is 19.4. The number of hydrogen-bond acceptors (Lipinski definition) is 1. The molecule has 1 atom stereocenters. The van der Waals surface area contributed by atoms with E-state index in [4.69, 9.17) is 0 Å². The third-order valence-corrected chi connectivity index (χ3v) is 2.34. The van der Waals surface area contributed by atoms with Crippen LogP contribution in [0.25, 0.3) is 0 Å². The van der Waals surface area contributed by atoms with Gasteiger partial charge in [0.15, 0.2) is 0 Å². The minimum atomic E-state index is -4.56. The lowest BCUT2D eigenvalue weighted by molar-refractivity contribution is -0.137. The van der Waals surface area contributed by atoms with Gasteiger partial charge in [0, 0.05) is 0 Å². The Kier molecular flexibility index (Phi) is 4.51. The normalized spacial score (nSPS) is 13.8. The van der Waals surface area contributed by atoms with Gasteiger partial charge in [0.05, 0.1) is 11.7 Å². The molecule has 0 amide bonds. The Morgan fingerprint density at radius 1 is 1.29 bits per heavy atom. The second-order valence-electron chi connectivity index (χ2n) is 3.77. The fraction of sp³-hybridized carbons (Fsp3) is 0.417. The van der Waals surface area contributed by atoms with Crippen LogP contribution >= 0.6 is 0 Å². The zero-order valence-corrected chi connectivity index (χ0v) is 9.26. The summed E-state index contributed by atoms with van der Waals surface area (Å²) in [5, 5.41) is 9.27. The van der Waals surface area contributed by atoms with Gasteiger partial charge in [0.25, 0.3) is 0 Å². The molecule has 17 heavy (non-hydrogen) atoms. The van der Waals surface area contributed by atoms with E-state index >= 15 is 0 Å². The van der Waals surface area contributed by atoms with Gasteiger partial charge in [-0.15, -0.1) is 0 Å². The van der Waals surface area contributed by atoms with E-state index in [1.807, 2.05) is 0 Å². The van der Waals surface area contributed by atoms with E-state index in [0.717, 1.165) is 12.1 Å². The van der Waals surface area contributed by atoms with Crippen molar-refractivity contribution in [1.82, 2.24) is 0 Å². The maximum atomic E-state index is 13.0. The van der Waals surface area contributed by atoms with Crippen LogP contribution in [-0.4, -0.2) is 11.2 Å². The Morgan fingerprint density at radius 3 is 2.47 bits per heavy atom. The van der Waals surface area contributed by atoms with E-state index in [1.165, 1.54) is 6.42 Å². The van der Waals surface area contributed by atoms with Crippen molar-refractivity contribution in [1.29, 1.82) is 0 Å². The molecule has 0 aromatic heterocycles. The van der Waals surface area contributed by atoms with Crippen LogP contribution in [0.3, 0.4) is 0 Å². The average molecular weight is 249 g/mol. The van der Waals surface area contributed by atoms with Crippen LogP contribution in [0.2, 0.25) is 0 Å². The van der Waals surface area contributed by atoms with Crippen LogP contribution in [0.1, 0.15) is 30.9 Å². The zero-order valence-electron chi connectivity index (χ0n) is 9.26. The summed E-state index contributed by atoms with van der Waals surface area (Å²) in [4.78, 5) is 0. The molecule has 0 aliphatic carbocycles. The molecule has 1 aromatic carbocycles. The van der Waals surface area contributed by atoms with Gasteiger partial charge < -0.3 is 5.11 Å². The quantitative estimate of drug-likeness (QED) is 0.809. The van der Waals surface area contributed by atoms with Crippen LogP contribution in [0.4, 0.5) is 17.6 Å².